The lowest BCUT2D eigenvalue weighted by atomic mass is 10.0. The van der Waals surface area contributed by atoms with E-state index in [9.17, 15) is 9.59 Å². The number of benzene rings is 2. The van der Waals surface area contributed by atoms with Crippen LogP contribution in [0.25, 0.3) is 0 Å². The SMILES string of the molecule is CC(Oc1ccccc1)C(=O)NNC(=O)COc1ccc(C(C)C)cc1Br. The van der Waals surface area contributed by atoms with Crippen molar-refractivity contribution < 1.29 is 19.1 Å². The van der Waals surface area contributed by atoms with Crippen LogP contribution in [-0.2, 0) is 9.59 Å². The number of hydrogen-bond donors (Lipinski definition) is 2. The minimum atomic E-state index is -0.758. The number of rotatable bonds is 7. The molecule has 0 fully saturated rings. The zero-order valence-electron chi connectivity index (χ0n) is 15.5. The van der Waals surface area contributed by atoms with Crippen LogP contribution < -0.4 is 20.3 Å². The highest BCUT2D eigenvalue weighted by Gasteiger charge is 2.15. The summed E-state index contributed by atoms with van der Waals surface area (Å²) in [5.41, 5.74) is 5.80. The zero-order chi connectivity index (χ0) is 19.8. The molecule has 0 aliphatic heterocycles. The topological polar surface area (TPSA) is 76.7 Å². The third kappa shape index (κ3) is 6.60. The number of hydrogen-bond acceptors (Lipinski definition) is 4. The maximum Gasteiger partial charge on any atom is 0.279 e. The average molecular weight is 435 g/mol. The monoisotopic (exact) mass is 434 g/mol. The summed E-state index contributed by atoms with van der Waals surface area (Å²) in [4.78, 5) is 23.9. The first-order chi connectivity index (χ1) is 12.9. The highest BCUT2D eigenvalue weighted by molar-refractivity contribution is 9.10. The van der Waals surface area contributed by atoms with Crippen molar-refractivity contribution in [3.63, 3.8) is 0 Å². The van der Waals surface area contributed by atoms with Gasteiger partial charge in [0, 0.05) is 0 Å². The zero-order valence-corrected chi connectivity index (χ0v) is 17.1. The Morgan fingerprint density at radius 2 is 1.74 bits per heavy atom. The number of nitrogens with one attached hydrogen (secondary N) is 2. The number of carbonyl (C=O) groups excluding carboxylic acids is 2. The van der Waals surface area contributed by atoms with Gasteiger partial charge in [-0.3, -0.25) is 20.4 Å². The van der Waals surface area contributed by atoms with Crippen molar-refractivity contribution in [3.8, 4) is 11.5 Å². The summed E-state index contributed by atoms with van der Waals surface area (Å²) in [6, 6.07) is 14.7. The Morgan fingerprint density at radius 3 is 2.37 bits per heavy atom. The Kier molecular flexibility index (Phi) is 7.67. The first-order valence-corrected chi connectivity index (χ1v) is 9.38. The summed E-state index contributed by atoms with van der Waals surface area (Å²) in [5.74, 6) is 0.588. The maximum absolute atomic E-state index is 12.0. The lowest BCUT2D eigenvalue weighted by molar-refractivity contribution is -0.133. The van der Waals surface area contributed by atoms with Crippen LogP contribution in [0.5, 0.6) is 11.5 Å². The number of halogens is 1. The summed E-state index contributed by atoms with van der Waals surface area (Å²) in [6.45, 7) is 5.56. The van der Waals surface area contributed by atoms with Gasteiger partial charge in [0.15, 0.2) is 12.7 Å². The quantitative estimate of drug-likeness (QED) is 0.653. The van der Waals surface area contributed by atoms with Gasteiger partial charge in [0.25, 0.3) is 11.8 Å². The van der Waals surface area contributed by atoms with Gasteiger partial charge >= 0.3 is 0 Å². The van der Waals surface area contributed by atoms with Crippen LogP contribution in [0.15, 0.2) is 53.0 Å². The predicted octanol–water partition coefficient (Wildman–Crippen LogP) is 3.57. The Morgan fingerprint density at radius 1 is 1.04 bits per heavy atom. The lowest BCUT2D eigenvalue weighted by Gasteiger charge is -2.15. The first kappa shape index (κ1) is 20.8. The van der Waals surface area contributed by atoms with Crippen LogP contribution in [0, 0.1) is 0 Å². The van der Waals surface area contributed by atoms with E-state index in [-0.39, 0.29) is 6.61 Å². The van der Waals surface area contributed by atoms with Crippen molar-refractivity contribution in [1.82, 2.24) is 10.9 Å². The van der Waals surface area contributed by atoms with Gasteiger partial charge in [-0.25, -0.2) is 0 Å². The normalized spacial score (nSPS) is 11.6. The van der Waals surface area contributed by atoms with E-state index in [0.717, 1.165) is 4.47 Å². The number of ether oxygens (including phenoxy) is 2. The van der Waals surface area contributed by atoms with E-state index < -0.39 is 17.9 Å². The molecule has 1 unspecified atom stereocenters. The fraction of sp³-hybridized carbons (Fsp3) is 0.300. The molecule has 0 spiro atoms. The molecule has 0 radical (unpaired) electrons. The molecular weight excluding hydrogens is 412 g/mol. The van der Waals surface area contributed by atoms with Gasteiger partial charge in [-0.2, -0.15) is 0 Å². The molecule has 0 saturated heterocycles. The summed E-state index contributed by atoms with van der Waals surface area (Å²) >= 11 is 3.44. The molecule has 2 rings (SSSR count). The summed E-state index contributed by atoms with van der Waals surface area (Å²) in [5, 5.41) is 0. The van der Waals surface area contributed by atoms with Crippen LogP contribution in [0.3, 0.4) is 0 Å². The molecule has 2 N–H and O–H groups in total. The second kappa shape index (κ2) is 9.97. The summed E-state index contributed by atoms with van der Waals surface area (Å²) < 4.78 is 11.7. The fourth-order valence-corrected chi connectivity index (χ4v) is 2.67. The minimum Gasteiger partial charge on any atom is -0.483 e. The summed E-state index contributed by atoms with van der Waals surface area (Å²) in [7, 11) is 0. The van der Waals surface area contributed by atoms with E-state index in [4.69, 9.17) is 9.47 Å². The van der Waals surface area contributed by atoms with Crippen LogP contribution in [0.4, 0.5) is 0 Å². The number of carbonyl (C=O) groups is 2. The van der Waals surface area contributed by atoms with E-state index in [0.29, 0.717) is 17.4 Å². The largest absolute Gasteiger partial charge is 0.483 e. The highest BCUT2D eigenvalue weighted by Crippen LogP contribution is 2.28. The van der Waals surface area contributed by atoms with Crippen LogP contribution >= 0.6 is 15.9 Å². The lowest BCUT2D eigenvalue weighted by Crippen LogP contribution is -2.48. The van der Waals surface area contributed by atoms with E-state index >= 15 is 0 Å². The molecule has 0 aliphatic carbocycles. The molecule has 7 heteroatoms. The maximum atomic E-state index is 12.0. The molecule has 1 atom stereocenters. The van der Waals surface area contributed by atoms with E-state index in [1.54, 1.807) is 25.1 Å². The van der Waals surface area contributed by atoms with E-state index in [1.807, 2.05) is 30.3 Å². The van der Waals surface area contributed by atoms with Gasteiger partial charge < -0.3 is 9.47 Å². The molecule has 6 nitrogen and oxygen atoms in total. The Bertz CT molecular complexity index is 781. The number of hydrazine groups is 1. The van der Waals surface area contributed by atoms with E-state index in [2.05, 4.69) is 40.6 Å². The van der Waals surface area contributed by atoms with Crippen molar-refractivity contribution >= 4 is 27.7 Å². The predicted molar refractivity (Wildman–Crippen MR) is 107 cm³/mol. The molecule has 27 heavy (non-hydrogen) atoms. The molecule has 0 saturated carbocycles. The smallest absolute Gasteiger partial charge is 0.279 e. The number of amides is 2. The first-order valence-electron chi connectivity index (χ1n) is 8.59. The molecule has 2 amide bonds. The Balaban J connectivity index is 1.76. The standard InChI is InChI=1S/C20H23BrN2O4/c1-13(2)15-9-10-18(17(21)11-15)26-12-19(24)22-23-20(25)14(3)27-16-7-5-4-6-8-16/h4-11,13-14H,12H2,1-3H3,(H,22,24)(H,23,25). The molecular formula is C20H23BrN2O4. The van der Waals surface area contributed by atoms with Gasteiger partial charge in [0.1, 0.15) is 11.5 Å². The molecule has 144 valence electrons. The molecule has 0 heterocycles. The van der Waals surface area contributed by atoms with Gasteiger partial charge in [0.2, 0.25) is 0 Å². The molecule has 2 aromatic carbocycles. The van der Waals surface area contributed by atoms with Crippen molar-refractivity contribution in [2.45, 2.75) is 32.8 Å². The molecule has 2 aromatic rings. The number of para-hydroxylation sites is 1. The van der Waals surface area contributed by atoms with Crippen molar-refractivity contribution in [2.75, 3.05) is 6.61 Å². The van der Waals surface area contributed by atoms with Crippen LogP contribution in [-0.4, -0.2) is 24.5 Å². The Labute approximate surface area is 167 Å². The minimum absolute atomic E-state index is 0.228. The van der Waals surface area contributed by atoms with Crippen molar-refractivity contribution in [1.29, 1.82) is 0 Å². The second-order valence-electron chi connectivity index (χ2n) is 6.24. The van der Waals surface area contributed by atoms with Crippen molar-refractivity contribution in [3.05, 3.63) is 58.6 Å². The van der Waals surface area contributed by atoms with Gasteiger partial charge in [-0.15, -0.1) is 0 Å². The summed E-state index contributed by atoms with van der Waals surface area (Å²) in [6.07, 6.45) is -0.758. The highest BCUT2D eigenvalue weighted by atomic mass is 79.9. The third-order valence-electron chi connectivity index (χ3n) is 3.73. The van der Waals surface area contributed by atoms with E-state index in [1.165, 1.54) is 5.56 Å². The van der Waals surface area contributed by atoms with Crippen LogP contribution in [0.1, 0.15) is 32.3 Å². The van der Waals surface area contributed by atoms with Gasteiger partial charge in [-0.05, 0) is 58.6 Å². The van der Waals surface area contributed by atoms with Crippen LogP contribution in [0.2, 0.25) is 0 Å². The Hall–Kier alpha value is -2.54. The van der Waals surface area contributed by atoms with Crippen molar-refractivity contribution in [2.24, 2.45) is 0 Å². The second-order valence-corrected chi connectivity index (χ2v) is 7.10. The van der Waals surface area contributed by atoms with Gasteiger partial charge in [-0.1, -0.05) is 38.1 Å². The molecule has 0 bridgehead atoms. The third-order valence-corrected chi connectivity index (χ3v) is 4.35. The molecule has 0 aromatic heterocycles. The van der Waals surface area contributed by atoms with Gasteiger partial charge in [0.05, 0.1) is 4.47 Å². The fourth-order valence-electron chi connectivity index (χ4n) is 2.16. The average Bonchev–Trinajstić information content (AvgIpc) is 2.65. The molecule has 0 aliphatic rings.